The summed E-state index contributed by atoms with van der Waals surface area (Å²) >= 11 is 0. The molecule has 0 amide bonds. The lowest BCUT2D eigenvalue weighted by Crippen LogP contribution is -2.11. The zero-order valence-electron chi connectivity index (χ0n) is 15.2. The molecule has 0 bridgehead atoms. The van der Waals surface area contributed by atoms with Crippen LogP contribution in [0.5, 0.6) is 5.75 Å². The standard InChI is InChI=1S/C21H19N3O4/c25-19-15-21(28-20-4-2-1-3-18(19)20)16-5-7-17(8-6-16)27-14-13-26-12-11-24-10-9-22-23-24/h1-10,15H,11-14H2. The van der Waals surface area contributed by atoms with Gasteiger partial charge in [0, 0.05) is 17.8 Å². The molecule has 0 spiro atoms. The van der Waals surface area contributed by atoms with Crippen LogP contribution in [0, 0.1) is 0 Å². The van der Waals surface area contributed by atoms with Gasteiger partial charge in [-0.2, -0.15) is 0 Å². The van der Waals surface area contributed by atoms with E-state index >= 15 is 0 Å². The molecule has 7 heteroatoms. The van der Waals surface area contributed by atoms with Gasteiger partial charge in [-0.05, 0) is 36.4 Å². The van der Waals surface area contributed by atoms with Crippen LogP contribution in [0.4, 0.5) is 0 Å². The van der Waals surface area contributed by atoms with E-state index < -0.39 is 0 Å². The average Bonchev–Trinajstić information content (AvgIpc) is 3.24. The first-order valence-electron chi connectivity index (χ1n) is 8.97. The normalized spacial score (nSPS) is 11.0. The van der Waals surface area contributed by atoms with Crippen molar-refractivity contribution in [2.75, 3.05) is 19.8 Å². The predicted octanol–water partition coefficient (Wildman–Crippen LogP) is 3.15. The number of nitrogens with zero attached hydrogens (tertiary/aromatic N) is 3. The molecule has 0 fully saturated rings. The zero-order valence-corrected chi connectivity index (χ0v) is 15.2. The van der Waals surface area contributed by atoms with E-state index in [1.54, 1.807) is 29.2 Å². The number of hydrogen-bond acceptors (Lipinski definition) is 6. The Morgan fingerprint density at radius 3 is 2.68 bits per heavy atom. The van der Waals surface area contributed by atoms with E-state index in [4.69, 9.17) is 13.9 Å². The second kappa shape index (κ2) is 8.49. The maximum absolute atomic E-state index is 12.2. The minimum atomic E-state index is -0.0554. The summed E-state index contributed by atoms with van der Waals surface area (Å²) in [5.74, 6) is 1.26. The fraction of sp³-hybridized carbons (Fsp3) is 0.190. The summed E-state index contributed by atoms with van der Waals surface area (Å²) in [7, 11) is 0. The van der Waals surface area contributed by atoms with Crippen LogP contribution in [0.1, 0.15) is 0 Å². The van der Waals surface area contributed by atoms with Crippen molar-refractivity contribution in [2.45, 2.75) is 6.54 Å². The third-order valence-corrected chi connectivity index (χ3v) is 4.21. The Balaban J connectivity index is 1.31. The van der Waals surface area contributed by atoms with E-state index in [0.29, 0.717) is 43.1 Å². The number of para-hydroxylation sites is 1. The summed E-state index contributed by atoms with van der Waals surface area (Å²) in [4.78, 5) is 12.2. The van der Waals surface area contributed by atoms with Crippen molar-refractivity contribution in [1.82, 2.24) is 15.0 Å². The second-order valence-corrected chi connectivity index (χ2v) is 6.12. The molecule has 28 heavy (non-hydrogen) atoms. The first-order valence-corrected chi connectivity index (χ1v) is 8.97. The Kier molecular flexibility index (Phi) is 5.44. The molecule has 0 radical (unpaired) electrons. The number of hydrogen-bond donors (Lipinski definition) is 0. The van der Waals surface area contributed by atoms with E-state index in [2.05, 4.69) is 10.3 Å². The summed E-state index contributed by atoms with van der Waals surface area (Å²) in [6.45, 7) is 2.13. The fourth-order valence-corrected chi connectivity index (χ4v) is 2.79. The van der Waals surface area contributed by atoms with Gasteiger partial charge in [0.1, 0.15) is 23.7 Å². The SMILES string of the molecule is O=c1cc(-c2ccc(OCCOCCn3ccnn3)cc2)oc2ccccc12. The summed E-state index contributed by atoms with van der Waals surface area (Å²) in [5, 5.41) is 8.18. The molecule has 0 N–H and O–H groups in total. The molecule has 2 aromatic carbocycles. The Hall–Kier alpha value is -3.45. The topological polar surface area (TPSA) is 79.4 Å². The van der Waals surface area contributed by atoms with E-state index in [1.165, 1.54) is 6.07 Å². The number of ether oxygens (including phenoxy) is 2. The Morgan fingerprint density at radius 1 is 1.00 bits per heavy atom. The van der Waals surface area contributed by atoms with Gasteiger partial charge in [0.2, 0.25) is 0 Å². The molecule has 4 rings (SSSR count). The smallest absolute Gasteiger partial charge is 0.193 e. The Bertz CT molecular complexity index is 1090. The predicted molar refractivity (Wildman–Crippen MR) is 104 cm³/mol. The summed E-state index contributed by atoms with van der Waals surface area (Å²) in [5.41, 5.74) is 1.34. The van der Waals surface area contributed by atoms with E-state index in [1.807, 2.05) is 36.4 Å². The molecule has 0 aliphatic rings. The van der Waals surface area contributed by atoms with Crippen molar-refractivity contribution in [2.24, 2.45) is 0 Å². The molecular formula is C21H19N3O4. The summed E-state index contributed by atoms with van der Waals surface area (Å²) < 4.78 is 18.8. The zero-order chi connectivity index (χ0) is 19.2. The Labute approximate surface area is 161 Å². The minimum absolute atomic E-state index is 0.0554. The van der Waals surface area contributed by atoms with Gasteiger partial charge in [0.05, 0.1) is 31.3 Å². The molecule has 0 saturated heterocycles. The number of aromatic nitrogens is 3. The highest BCUT2D eigenvalue weighted by Gasteiger charge is 2.06. The van der Waals surface area contributed by atoms with Gasteiger partial charge in [-0.1, -0.05) is 17.3 Å². The van der Waals surface area contributed by atoms with E-state index in [-0.39, 0.29) is 5.43 Å². The molecule has 4 aromatic rings. The lowest BCUT2D eigenvalue weighted by molar-refractivity contribution is 0.0923. The van der Waals surface area contributed by atoms with Crippen LogP contribution >= 0.6 is 0 Å². The molecule has 7 nitrogen and oxygen atoms in total. The van der Waals surface area contributed by atoms with Gasteiger partial charge < -0.3 is 13.9 Å². The van der Waals surface area contributed by atoms with Gasteiger partial charge in [0.25, 0.3) is 0 Å². The molecule has 0 aliphatic carbocycles. The largest absolute Gasteiger partial charge is 0.491 e. The number of benzene rings is 2. The first kappa shape index (κ1) is 17.9. The van der Waals surface area contributed by atoms with Gasteiger partial charge >= 0.3 is 0 Å². The minimum Gasteiger partial charge on any atom is -0.491 e. The molecule has 2 aromatic heterocycles. The van der Waals surface area contributed by atoms with Crippen molar-refractivity contribution < 1.29 is 13.9 Å². The highest BCUT2D eigenvalue weighted by Crippen LogP contribution is 2.24. The van der Waals surface area contributed by atoms with Crippen LogP contribution in [-0.2, 0) is 11.3 Å². The molecule has 0 aliphatic heterocycles. The maximum Gasteiger partial charge on any atom is 0.193 e. The van der Waals surface area contributed by atoms with Gasteiger partial charge in [-0.25, -0.2) is 0 Å². The second-order valence-electron chi connectivity index (χ2n) is 6.12. The van der Waals surface area contributed by atoms with Crippen LogP contribution in [0.2, 0.25) is 0 Å². The average molecular weight is 377 g/mol. The van der Waals surface area contributed by atoms with Crippen LogP contribution in [0.25, 0.3) is 22.3 Å². The van der Waals surface area contributed by atoms with Crippen molar-refractivity contribution in [3.05, 3.63) is 77.2 Å². The number of fused-ring (bicyclic) bond motifs is 1. The molecule has 0 saturated carbocycles. The lowest BCUT2D eigenvalue weighted by Gasteiger charge is -2.08. The van der Waals surface area contributed by atoms with Crippen LogP contribution in [0.3, 0.4) is 0 Å². The van der Waals surface area contributed by atoms with Crippen LogP contribution in [0.15, 0.2) is 76.2 Å². The maximum atomic E-state index is 12.2. The van der Waals surface area contributed by atoms with Gasteiger partial charge in [-0.15, -0.1) is 5.10 Å². The first-order chi connectivity index (χ1) is 13.8. The van der Waals surface area contributed by atoms with Crippen LogP contribution in [-0.4, -0.2) is 34.8 Å². The molecule has 142 valence electrons. The molecule has 0 atom stereocenters. The van der Waals surface area contributed by atoms with Gasteiger partial charge in [-0.3, -0.25) is 9.48 Å². The van der Waals surface area contributed by atoms with E-state index in [9.17, 15) is 4.79 Å². The van der Waals surface area contributed by atoms with Crippen molar-refractivity contribution in [3.8, 4) is 17.1 Å². The van der Waals surface area contributed by atoms with Crippen LogP contribution < -0.4 is 10.2 Å². The van der Waals surface area contributed by atoms with Gasteiger partial charge in [0.15, 0.2) is 5.43 Å². The fourth-order valence-electron chi connectivity index (χ4n) is 2.79. The lowest BCUT2D eigenvalue weighted by atomic mass is 10.1. The van der Waals surface area contributed by atoms with E-state index in [0.717, 1.165) is 11.3 Å². The van der Waals surface area contributed by atoms with Crippen molar-refractivity contribution >= 4 is 11.0 Å². The monoisotopic (exact) mass is 377 g/mol. The summed E-state index contributed by atoms with van der Waals surface area (Å²) in [6.07, 6.45) is 3.43. The molecule has 0 unspecified atom stereocenters. The number of rotatable bonds is 8. The highest BCUT2D eigenvalue weighted by molar-refractivity contribution is 5.78. The molecule has 2 heterocycles. The molecular weight excluding hydrogens is 358 g/mol. The van der Waals surface area contributed by atoms with Crippen molar-refractivity contribution in [3.63, 3.8) is 0 Å². The quantitative estimate of drug-likeness (QED) is 0.439. The highest BCUT2D eigenvalue weighted by atomic mass is 16.5. The Morgan fingerprint density at radius 2 is 1.86 bits per heavy atom. The van der Waals surface area contributed by atoms with Crippen molar-refractivity contribution in [1.29, 1.82) is 0 Å². The summed E-state index contributed by atoms with van der Waals surface area (Å²) in [6, 6.07) is 16.2. The third kappa shape index (κ3) is 4.27. The third-order valence-electron chi connectivity index (χ3n) is 4.21.